The van der Waals surface area contributed by atoms with Crippen LogP contribution >= 0.6 is 0 Å². The predicted octanol–water partition coefficient (Wildman–Crippen LogP) is 1.47. The van der Waals surface area contributed by atoms with Gasteiger partial charge in [0.25, 0.3) is 0 Å². The molecule has 4 nitrogen and oxygen atoms in total. The molecule has 4 heteroatoms. The molecule has 0 aliphatic carbocycles. The Kier molecular flexibility index (Phi) is 4.32. The second kappa shape index (κ2) is 5.34. The van der Waals surface area contributed by atoms with Gasteiger partial charge >= 0.3 is 0 Å². The third-order valence-corrected chi connectivity index (χ3v) is 3.59. The van der Waals surface area contributed by atoms with Crippen molar-refractivity contribution in [3.63, 3.8) is 0 Å². The molecule has 1 atom stereocenters. The minimum absolute atomic E-state index is 0.0146. The summed E-state index contributed by atoms with van der Waals surface area (Å²) >= 11 is 0. The van der Waals surface area contributed by atoms with Crippen molar-refractivity contribution in [3.05, 3.63) is 12.7 Å². The van der Waals surface area contributed by atoms with E-state index in [2.05, 4.69) is 11.9 Å². The minimum atomic E-state index is -0.731. The summed E-state index contributed by atoms with van der Waals surface area (Å²) in [7, 11) is 0. The number of rotatable bonds is 4. The molecule has 0 radical (unpaired) electrons. The summed E-state index contributed by atoms with van der Waals surface area (Å²) in [5, 5.41) is 2.90. The maximum Gasteiger partial charge on any atom is 0.248 e. The van der Waals surface area contributed by atoms with Crippen molar-refractivity contribution in [2.75, 3.05) is 6.54 Å². The molecule has 0 spiro atoms. The first-order valence-electron chi connectivity index (χ1n) is 6.23. The zero-order valence-electron chi connectivity index (χ0n) is 11.0. The SMILES string of the molecule is C=CCN1C(=O)C(CC)(CC)NC(=O)CC1C. The van der Waals surface area contributed by atoms with Gasteiger partial charge in [-0.2, -0.15) is 0 Å². The van der Waals surface area contributed by atoms with Gasteiger partial charge in [0.05, 0.1) is 0 Å². The first-order chi connectivity index (χ1) is 8.00. The highest BCUT2D eigenvalue weighted by molar-refractivity contribution is 5.94. The third-order valence-electron chi connectivity index (χ3n) is 3.59. The summed E-state index contributed by atoms with van der Waals surface area (Å²) in [5.41, 5.74) is -0.731. The molecular weight excluding hydrogens is 216 g/mol. The van der Waals surface area contributed by atoms with Crippen molar-refractivity contribution >= 4 is 11.8 Å². The van der Waals surface area contributed by atoms with Gasteiger partial charge in [-0.15, -0.1) is 6.58 Å². The van der Waals surface area contributed by atoms with Gasteiger partial charge in [0.2, 0.25) is 11.8 Å². The summed E-state index contributed by atoms with van der Waals surface area (Å²) in [4.78, 5) is 26.1. The Morgan fingerprint density at radius 1 is 1.47 bits per heavy atom. The number of amides is 2. The smallest absolute Gasteiger partial charge is 0.248 e. The monoisotopic (exact) mass is 238 g/mol. The lowest BCUT2D eigenvalue weighted by Gasteiger charge is -2.35. The Labute approximate surface area is 103 Å². The maximum absolute atomic E-state index is 12.5. The van der Waals surface area contributed by atoms with Crippen molar-refractivity contribution in [2.24, 2.45) is 0 Å². The van der Waals surface area contributed by atoms with Gasteiger partial charge in [-0.1, -0.05) is 19.9 Å². The van der Waals surface area contributed by atoms with Crippen LogP contribution in [0.3, 0.4) is 0 Å². The van der Waals surface area contributed by atoms with Gasteiger partial charge in [0.1, 0.15) is 5.54 Å². The van der Waals surface area contributed by atoms with E-state index in [9.17, 15) is 9.59 Å². The molecule has 17 heavy (non-hydrogen) atoms. The largest absolute Gasteiger partial charge is 0.342 e. The molecule has 1 aliphatic heterocycles. The first kappa shape index (κ1) is 13.7. The normalized spacial score (nSPS) is 24.2. The number of hydrogen-bond acceptors (Lipinski definition) is 2. The molecule has 1 unspecified atom stereocenters. The van der Waals surface area contributed by atoms with Crippen molar-refractivity contribution < 1.29 is 9.59 Å². The van der Waals surface area contributed by atoms with Crippen molar-refractivity contribution in [1.29, 1.82) is 0 Å². The molecule has 96 valence electrons. The number of hydrogen-bond donors (Lipinski definition) is 1. The standard InChI is InChI=1S/C13H22N2O2/c1-5-8-15-10(4)9-11(16)14-13(6-2,7-3)12(15)17/h5,10H,1,6-9H2,2-4H3,(H,14,16). The Balaban J connectivity index is 3.11. The highest BCUT2D eigenvalue weighted by atomic mass is 16.2. The summed E-state index contributed by atoms with van der Waals surface area (Å²) < 4.78 is 0. The van der Waals surface area contributed by atoms with Gasteiger partial charge in [-0.3, -0.25) is 9.59 Å². The average molecular weight is 238 g/mol. The van der Waals surface area contributed by atoms with Crippen LogP contribution < -0.4 is 5.32 Å². The molecule has 0 saturated carbocycles. The van der Waals surface area contributed by atoms with E-state index in [1.807, 2.05) is 20.8 Å². The predicted molar refractivity (Wildman–Crippen MR) is 67.4 cm³/mol. The molecule has 2 amide bonds. The summed E-state index contributed by atoms with van der Waals surface area (Å²) in [5.74, 6) is -0.0261. The van der Waals surface area contributed by atoms with E-state index in [0.717, 1.165) is 0 Å². The van der Waals surface area contributed by atoms with E-state index < -0.39 is 5.54 Å². The van der Waals surface area contributed by atoms with Crippen LogP contribution in [-0.2, 0) is 9.59 Å². The van der Waals surface area contributed by atoms with Gasteiger partial charge < -0.3 is 10.2 Å². The lowest BCUT2D eigenvalue weighted by molar-refractivity contribution is -0.140. The molecule has 1 N–H and O–H groups in total. The average Bonchev–Trinajstić information content (AvgIpc) is 2.39. The molecule has 0 bridgehead atoms. The van der Waals surface area contributed by atoms with Crippen LogP contribution in [0.4, 0.5) is 0 Å². The molecular formula is C13H22N2O2. The van der Waals surface area contributed by atoms with Crippen LogP contribution in [0.1, 0.15) is 40.0 Å². The zero-order chi connectivity index (χ0) is 13.1. The molecule has 1 aliphatic rings. The Hall–Kier alpha value is -1.32. The minimum Gasteiger partial charge on any atom is -0.342 e. The van der Waals surface area contributed by atoms with Crippen LogP contribution in [0.2, 0.25) is 0 Å². The lowest BCUT2D eigenvalue weighted by atomic mass is 9.91. The maximum atomic E-state index is 12.5. The van der Waals surface area contributed by atoms with E-state index >= 15 is 0 Å². The van der Waals surface area contributed by atoms with Crippen LogP contribution in [0.15, 0.2) is 12.7 Å². The van der Waals surface area contributed by atoms with Crippen molar-refractivity contribution in [3.8, 4) is 0 Å². The molecule has 1 rings (SSSR count). The Morgan fingerprint density at radius 2 is 2.06 bits per heavy atom. The van der Waals surface area contributed by atoms with Gasteiger partial charge in [0.15, 0.2) is 0 Å². The topological polar surface area (TPSA) is 49.4 Å². The third kappa shape index (κ3) is 2.51. The fourth-order valence-corrected chi connectivity index (χ4v) is 2.36. The van der Waals surface area contributed by atoms with E-state index in [0.29, 0.717) is 25.8 Å². The van der Waals surface area contributed by atoms with Crippen LogP contribution in [-0.4, -0.2) is 34.8 Å². The number of carbonyl (C=O) groups is 2. The molecule has 1 heterocycles. The van der Waals surface area contributed by atoms with E-state index in [4.69, 9.17) is 0 Å². The molecule has 1 fully saturated rings. The van der Waals surface area contributed by atoms with Crippen LogP contribution in [0.25, 0.3) is 0 Å². The lowest BCUT2D eigenvalue weighted by Crippen LogP contribution is -2.57. The Bertz CT molecular complexity index is 321. The zero-order valence-corrected chi connectivity index (χ0v) is 11.0. The van der Waals surface area contributed by atoms with Gasteiger partial charge in [0, 0.05) is 19.0 Å². The number of nitrogens with one attached hydrogen (secondary N) is 1. The number of nitrogens with zero attached hydrogens (tertiary/aromatic N) is 1. The Morgan fingerprint density at radius 3 is 2.53 bits per heavy atom. The summed E-state index contributed by atoms with van der Waals surface area (Å²) in [6.45, 7) is 9.94. The van der Waals surface area contributed by atoms with Gasteiger partial charge in [-0.25, -0.2) is 0 Å². The quantitative estimate of drug-likeness (QED) is 0.754. The summed E-state index contributed by atoms with van der Waals surface area (Å²) in [6.07, 6.45) is 3.31. The molecule has 0 aromatic rings. The van der Waals surface area contributed by atoms with Crippen LogP contribution in [0, 0.1) is 0 Å². The van der Waals surface area contributed by atoms with Gasteiger partial charge in [-0.05, 0) is 19.8 Å². The van der Waals surface area contributed by atoms with E-state index in [1.165, 1.54) is 0 Å². The highest BCUT2D eigenvalue weighted by Gasteiger charge is 2.43. The second-order valence-electron chi connectivity index (χ2n) is 4.64. The van der Waals surface area contributed by atoms with E-state index in [1.54, 1.807) is 11.0 Å². The highest BCUT2D eigenvalue weighted by Crippen LogP contribution is 2.24. The van der Waals surface area contributed by atoms with Crippen molar-refractivity contribution in [1.82, 2.24) is 10.2 Å². The molecule has 1 saturated heterocycles. The first-order valence-corrected chi connectivity index (χ1v) is 6.23. The molecule has 0 aromatic carbocycles. The van der Waals surface area contributed by atoms with E-state index in [-0.39, 0.29) is 17.9 Å². The number of carbonyl (C=O) groups excluding carboxylic acids is 2. The fourth-order valence-electron chi connectivity index (χ4n) is 2.36. The molecule has 0 aromatic heterocycles. The van der Waals surface area contributed by atoms with Crippen LogP contribution in [0.5, 0.6) is 0 Å². The second-order valence-corrected chi connectivity index (χ2v) is 4.64. The summed E-state index contributed by atoms with van der Waals surface area (Å²) in [6, 6.07) is -0.0690. The van der Waals surface area contributed by atoms with Crippen molar-refractivity contribution in [2.45, 2.75) is 51.6 Å². The fraction of sp³-hybridized carbons (Fsp3) is 0.692.